The van der Waals surface area contributed by atoms with Crippen molar-refractivity contribution >= 4 is 49.1 Å². The molecule has 134 valence electrons. The summed E-state index contributed by atoms with van der Waals surface area (Å²) in [5, 5.41) is 3.19. The molecule has 0 saturated carbocycles. The van der Waals surface area contributed by atoms with E-state index in [1.807, 2.05) is 6.92 Å². The molecule has 0 aliphatic carbocycles. The van der Waals surface area contributed by atoms with Gasteiger partial charge in [0.25, 0.3) is 0 Å². The third kappa shape index (κ3) is 4.96. The predicted octanol–water partition coefficient (Wildman–Crippen LogP) is 4.73. The van der Waals surface area contributed by atoms with Gasteiger partial charge in [-0.2, -0.15) is 0 Å². The van der Waals surface area contributed by atoms with Gasteiger partial charge in [-0.25, -0.2) is 13.2 Å². The number of rotatable bonds is 4. The first kappa shape index (κ1) is 19.8. The zero-order chi connectivity index (χ0) is 18.8. The van der Waals surface area contributed by atoms with Crippen molar-refractivity contribution in [2.45, 2.75) is 17.9 Å². The van der Waals surface area contributed by atoms with Gasteiger partial charge < -0.3 is 10.2 Å². The Kier molecular flexibility index (Phi) is 6.13. The molecule has 1 atom stereocenters. The van der Waals surface area contributed by atoms with E-state index in [-0.39, 0.29) is 17.0 Å². The van der Waals surface area contributed by atoms with Gasteiger partial charge >= 0.3 is 6.03 Å². The molecule has 1 unspecified atom stereocenters. The van der Waals surface area contributed by atoms with Crippen molar-refractivity contribution in [2.75, 3.05) is 18.6 Å². The summed E-state index contributed by atoms with van der Waals surface area (Å²) >= 11 is 9.43. The first-order valence-electron chi connectivity index (χ1n) is 7.38. The quantitative estimate of drug-likeness (QED) is 0.740. The number of anilines is 1. The van der Waals surface area contributed by atoms with E-state index in [0.717, 1.165) is 16.3 Å². The maximum Gasteiger partial charge on any atom is 0.322 e. The van der Waals surface area contributed by atoms with Gasteiger partial charge in [0, 0.05) is 17.8 Å². The zero-order valence-electron chi connectivity index (χ0n) is 14.0. The van der Waals surface area contributed by atoms with Crippen LogP contribution >= 0.6 is 27.5 Å². The lowest BCUT2D eigenvalue weighted by molar-refractivity contribution is 0.208. The molecule has 0 radical (unpaired) electrons. The van der Waals surface area contributed by atoms with E-state index < -0.39 is 9.84 Å². The summed E-state index contributed by atoms with van der Waals surface area (Å²) in [5.74, 6) is 0. The van der Waals surface area contributed by atoms with Crippen LogP contribution in [0.1, 0.15) is 18.5 Å². The largest absolute Gasteiger partial charge is 0.322 e. The van der Waals surface area contributed by atoms with Gasteiger partial charge in [-0.1, -0.05) is 39.7 Å². The number of nitrogens with zero attached hydrogens (tertiary/aromatic N) is 1. The Balaban J connectivity index is 2.13. The Morgan fingerprint density at radius 2 is 1.80 bits per heavy atom. The molecule has 0 heterocycles. The molecular formula is C17H18BrClN2O3S. The third-order valence-corrected chi connectivity index (χ3v) is 5.80. The SMILES string of the molecule is CC(c1ccc(S(C)(=O)=O)cc1)N(C)C(=O)Nc1ccc(Br)cc1Cl. The number of sulfone groups is 1. The van der Waals surface area contributed by atoms with Gasteiger partial charge in [0.1, 0.15) is 0 Å². The lowest BCUT2D eigenvalue weighted by Crippen LogP contribution is -2.33. The van der Waals surface area contributed by atoms with Crippen molar-refractivity contribution in [1.82, 2.24) is 4.90 Å². The Labute approximate surface area is 161 Å². The summed E-state index contributed by atoms with van der Waals surface area (Å²) in [5.41, 5.74) is 1.34. The maximum absolute atomic E-state index is 12.4. The number of nitrogens with one attached hydrogen (secondary N) is 1. The number of halogens is 2. The van der Waals surface area contributed by atoms with Crippen LogP contribution in [0.5, 0.6) is 0 Å². The molecule has 0 spiro atoms. The molecule has 5 nitrogen and oxygen atoms in total. The molecule has 8 heteroatoms. The number of urea groups is 1. The van der Waals surface area contributed by atoms with Gasteiger partial charge in [-0.05, 0) is 42.8 Å². The minimum absolute atomic E-state index is 0.247. The van der Waals surface area contributed by atoms with Crippen molar-refractivity contribution in [2.24, 2.45) is 0 Å². The zero-order valence-corrected chi connectivity index (χ0v) is 17.1. The number of carbonyl (C=O) groups excluding carboxylic acids is 1. The summed E-state index contributed by atoms with van der Waals surface area (Å²) in [6, 6.07) is 11.1. The second-order valence-corrected chi connectivity index (χ2v) is 9.02. The van der Waals surface area contributed by atoms with Crippen LogP contribution in [0.2, 0.25) is 5.02 Å². The average Bonchev–Trinajstić information content (AvgIpc) is 2.55. The molecule has 0 fully saturated rings. The second-order valence-electron chi connectivity index (χ2n) is 5.68. The lowest BCUT2D eigenvalue weighted by atomic mass is 10.1. The van der Waals surface area contributed by atoms with Crippen LogP contribution in [0.4, 0.5) is 10.5 Å². The third-order valence-electron chi connectivity index (χ3n) is 3.86. The van der Waals surface area contributed by atoms with Crippen molar-refractivity contribution < 1.29 is 13.2 Å². The van der Waals surface area contributed by atoms with Crippen LogP contribution in [0.15, 0.2) is 51.8 Å². The van der Waals surface area contributed by atoms with Gasteiger partial charge in [0.15, 0.2) is 9.84 Å². The van der Waals surface area contributed by atoms with Crippen LogP contribution in [-0.4, -0.2) is 32.7 Å². The second kappa shape index (κ2) is 7.76. The number of hydrogen-bond donors (Lipinski definition) is 1. The normalized spacial score (nSPS) is 12.5. The smallest absolute Gasteiger partial charge is 0.321 e. The van der Waals surface area contributed by atoms with E-state index in [1.54, 1.807) is 49.5 Å². The highest BCUT2D eigenvalue weighted by atomic mass is 79.9. The highest BCUT2D eigenvalue weighted by molar-refractivity contribution is 9.10. The summed E-state index contributed by atoms with van der Waals surface area (Å²) in [4.78, 5) is 14.2. The fourth-order valence-electron chi connectivity index (χ4n) is 2.19. The monoisotopic (exact) mass is 444 g/mol. The van der Waals surface area contributed by atoms with E-state index in [9.17, 15) is 13.2 Å². The van der Waals surface area contributed by atoms with Crippen molar-refractivity contribution in [3.8, 4) is 0 Å². The van der Waals surface area contributed by atoms with Crippen molar-refractivity contribution in [3.05, 3.63) is 57.5 Å². The van der Waals surface area contributed by atoms with E-state index in [2.05, 4.69) is 21.2 Å². The van der Waals surface area contributed by atoms with Gasteiger partial charge in [-0.3, -0.25) is 0 Å². The fourth-order valence-corrected chi connectivity index (χ4v) is 3.54. The van der Waals surface area contributed by atoms with Crippen LogP contribution in [-0.2, 0) is 9.84 Å². The number of benzene rings is 2. The molecule has 0 aromatic heterocycles. The molecule has 25 heavy (non-hydrogen) atoms. The number of amides is 2. The van der Waals surface area contributed by atoms with Crippen molar-refractivity contribution in [1.29, 1.82) is 0 Å². The van der Waals surface area contributed by atoms with E-state index in [1.165, 1.54) is 4.90 Å². The minimum Gasteiger partial charge on any atom is -0.321 e. The summed E-state index contributed by atoms with van der Waals surface area (Å²) in [7, 11) is -1.58. The van der Waals surface area contributed by atoms with E-state index in [0.29, 0.717) is 10.7 Å². The topological polar surface area (TPSA) is 66.5 Å². The van der Waals surface area contributed by atoms with Crippen molar-refractivity contribution in [3.63, 3.8) is 0 Å². The molecule has 2 amide bonds. The molecule has 2 aromatic rings. The Morgan fingerprint density at radius 1 is 1.20 bits per heavy atom. The van der Waals surface area contributed by atoms with Crippen LogP contribution in [0.3, 0.4) is 0 Å². The molecule has 0 aliphatic rings. The first-order chi connectivity index (χ1) is 11.6. The lowest BCUT2D eigenvalue weighted by Gasteiger charge is -2.26. The van der Waals surface area contributed by atoms with E-state index in [4.69, 9.17) is 11.6 Å². The fraction of sp³-hybridized carbons (Fsp3) is 0.235. The minimum atomic E-state index is -3.24. The maximum atomic E-state index is 12.4. The molecule has 1 N–H and O–H groups in total. The molecule has 2 rings (SSSR count). The summed E-state index contributed by atoms with van der Waals surface area (Å²) in [6.45, 7) is 1.86. The van der Waals surface area contributed by atoms with Crippen LogP contribution in [0, 0.1) is 0 Å². The standard InChI is InChI=1S/C17H18BrClN2O3S/c1-11(12-4-7-14(8-5-12)25(3,23)24)21(2)17(22)20-16-9-6-13(18)10-15(16)19/h4-11H,1-3H3,(H,20,22). The number of hydrogen-bond acceptors (Lipinski definition) is 3. The highest BCUT2D eigenvalue weighted by Crippen LogP contribution is 2.27. The van der Waals surface area contributed by atoms with Gasteiger partial charge in [0.05, 0.1) is 21.6 Å². The molecule has 0 saturated heterocycles. The molecule has 2 aromatic carbocycles. The van der Waals surface area contributed by atoms with Crippen LogP contribution in [0.25, 0.3) is 0 Å². The van der Waals surface area contributed by atoms with Gasteiger partial charge in [-0.15, -0.1) is 0 Å². The predicted molar refractivity (Wildman–Crippen MR) is 104 cm³/mol. The average molecular weight is 446 g/mol. The summed E-state index contributed by atoms with van der Waals surface area (Å²) in [6.07, 6.45) is 1.16. The molecule has 0 bridgehead atoms. The highest BCUT2D eigenvalue weighted by Gasteiger charge is 2.19. The van der Waals surface area contributed by atoms with E-state index >= 15 is 0 Å². The Morgan fingerprint density at radius 3 is 2.32 bits per heavy atom. The Bertz CT molecular complexity index is 885. The Hall–Kier alpha value is -1.57. The molecule has 0 aliphatic heterocycles. The van der Waals surface area contributed by atoms with Crippen LogP contribution < -0.4 is 5.32 Å². The summed E-state index contributed by atoms with van der Waals surface area (Å²) < 4.78 is 23.9. The number of carbonyl (C=O) groups is 1. The van der Waals surface area contributed by atoms with Gasteiger partial charge in [0.2, 0.25) is 0 Å². The molecular weight excluding hydrogens is 428 g/mol. The first-order valence-corrected chi connectivity index (χ1v) is 10.4.